The topological polar surface area (TPSA) is 56.1 Å². The van der Waals surface area contributed by atoms with Crippen molar-refractivity contribution >= 4 is 5.91 Å². The molecule has 1 heterocycles. The third-order valence-corrected chi connectivity index (χ3v) is 4.11. The van der Waals surface area contributed by atoms with Crippen LogP contribution in [0.3, 0.4) is 0 Å². The van der Waals surface area contributed by atoms with E-state index in [-0.39, 0.29) is 11.9 Å². The molecule has 1 saturated carbocycles. The fourth-order valence-corrected chi connectivity index (χ4v) is 2.86. The van der Waals surface area contributed by atoms with Gasteiger partial charge < -0.3 is 10.2 Å². The SMILES string of the molecule is N#CCCN(C(=O)[C@@H]1Cc2ccccc2CN1)C1CC1. The van der Waals surface area contributed by atoms with Gasteiger partial charge in [-0.05, 0) is 30.4 Å². The van der Waals surface area contributed by atoms with E-state index in [1.165, 1.54) is 11.1 Å². The van der Waals surface area contributed by atoms with E-state index >= 15 is 0 Å². The lowest BCUT2D eigenvalue weighted by molar-refractivity contribution is -0.134. The fraction of sp³-hybridized carbons (Fsp3) is 0.500. The summed E-state index contributed by atoms with van der Waals surface area (Å²) < 4.78 is 0. The summed E-state index contributed by atoms with van der Waals surface area (Å²) in [5, 5.41) is 12.1. The Kier molecular flexibility index (Phi) is 3.70. The van der Waals surface area contributed by atoms with Gasteiger partial charge in [-0.15, -0.1) is 0 Å². The van der Waals surface area contributed by atoms with Gasteiger partial charge >= 0.3 is 0 Å². The first-order valence-corrected chi connectivity index (χ1v) is 7.27. The number of nitriles is 1. The van der Waals surface area contributed by atoms with E-state index in [4.69, 9.17) is 5.26 Å². The highest BCUT2D eigenvalue weighted by atomic mass is 16.2. The molecule has 4 nitrogen and oxygen atoms in total. The van der Waals surface area contributed by atoms with Gasteiger partial charge in [-0.1, -0.05) is 24.3 Å². The highest BCUT2D eigenvalue weighted by Gasteiger charge is 2.36. The lowest BCUT2D eigenvalue weighted by atomic mass is 9.95. The number of benzene rings is 1. The number of hydrogen-bond acceptors (Lipinski definition) is 3. The maximum Gasteiger partial charge on any atom is 0.240 e. The van der Waals surface area contributed by atoms with Crippen LogP contribution in [0, 0.1) is 11.3 Å². The minimum Gasteiger partial charge on any atom is -0.337 e. The summed E-state index contributed by atoms with van der Waals surface area (Å²) in [4.78, 5) is 14.6. The first kappa shape index (κ1) is 13.1. The Morgan fingerprint density at radius 2 is 2.10 bits per heavy atom. The molecule has 20 heavy (non-hydrogen) atoms. The summed E-state index contributed by atoms with van der Waals surface area (Å²) in [6.07, 6.45) is 3.34. The van der Waals surface area contributed by atoms with Crippen molar-refractivity contribution in [2.45, 2.75) is 44.3 Å². The zero-order valence-electron chi connectivity index (χ0n) is 11.5. The molecule has 1 atom stereocenters. The van der Waals surface area contributed by atoms with Crippen LogP contribution in [0.25, 0.3) is 0 Å². The number of carbonyl (C=O) groups is 1. The number of carbonyl (C=O) groups excluding carboxylic acids is 1. The largest absolute Gasteiger partial charge is 0.337 e. The van der Waals surface area contributed by atoms with Crippen molar-refractivity contribution in [2.24, 2.45) is 0 Å². The Bertz CT molecular complexity index is 545. The van der Waals surface area contributed by atoms with Gasteiger partial charge in [-0.25, -0.2) is 0 Å². The van der Waals surface area contributed by atoms with Gasteiger partial charge in [-0.3, -0.25) is 4.79 Å². The Balaban J connectivity index is 1.70. The molecular formula is C16H19N3O. The summed E-state index contributed by atoms with van der Waals surface area (Å²) in [5.74, 6) is 0.164. The minimum absolute atomic E-state index is 0.135. The van der Waals surface area contributed by atoms with Crippen molar-refractivity contribution in [3.8, 4) is 6.07 Å². The van der Waals surface area contributed by atoms with Crippen molar-refractivity contribution in [1.82, 2.24) is 10.2 Å². The van der Waals surface area contributed by atoms with E-state index in [1.807, 2.05) is 17.0 Å². The van der Waals surface area contributed by atoms with E-state index in [1.54, 1.807) is 0 Å². The zero-order chi connectivity index (χ0) is 13.9. The first-order valence-electron chi connectivity index (χ1n) is 7.27. The molecule has 1 amide bonds. The molecule has 2 aliphatic rings. The van der Waals surface area contributed by atoms with Crippen LogP contribution in [-0.4, -0.2) is 29.4 Å². The van der Waals surface area contributed by atoms with Gasteiger partial charge in [0.15, 0.2) is 0 Å². The fourth-order valence-electron chi connectivity index (χ4n) is 2.86. The van der Waals surface area contributed by atoms with Crippen LogP contribution in [0.15, 0.2) is 24.3 Å². The van der Waals surface area contributed by atoms with E-state index in [0.717, 1.165) is 25.8 Å². The van der Waals surface area contributed by atoms with E-state index < -0.39 is 0 Å². The van der Waals surface area contributed by atoms with Crippen LogP contribution in [0.2, 0.25) is 0 Å². The number of nitrogens with one attached hydrogen (secondary N) is 1. The molecule has 0 radical (unpaired) electrons. The number of amides is 1. The molecule has 1 aliphatic carbocycles. The number of nitrogens with zero attached hydrogens (tertiary/aromatic N) is 2. The quantitative estimate of drug-likeness (QED) is 0.903. The second-order valence-electron chi connectivity index (χ2n) is 5.58. The van der Waals surface area contributed by atoms with Crippen molar-refractivity contribution in [3.63, 3.8) is 0 Å². The Morgan fingerprint density at radius 3 is 2.80 bits per heavy atom. The highest BCUT2D eigenvalue weighted by molar-refractivity contribution is 5.83. The van der Waals surface area contributed by atoms with E-state index in [9.17, 15) is 4.79 Å². The average molecular weight is 269 g/mol. The second-order valence-corrected chi connectivity index (χ2v) is 5.58. The molecule has 1 aliphatic heterocycles. The van der Waals surface area contributed by atoms with Crippen molar-refractivity contribution < 1.29 is 4.79 Å². The molecular weight excluding hydrogens is 250 g/mol. The van der Waals surface area contributed by atoms with Crippen LogP contribution in [0.1, 0.15) is 30.4 Å². The van der Waals surface area contributed by atoms with Gasteiger partial charge in [0.05, 0.1) is 18.5 Å². The first-order chi connectivity index (χ1) is 9.79. The van der Waals surface area contributed by atoms with Crippen molar-refractivity contribution in [2.75, 3.05) is 6.54 Å². The number of fused-ring (bicyclic) bond motifs is 1. The summed E-state index contributed by atoms with van der Waals surface area (Å²) in [6, 6.07) is 10.6. The molecule has 1 N–H and O–H groups in total. The second kappa shape index (κ2) is 5.64. The van der Waals surface area contributed by atoms with Crippen LogP contribution >= 0.6 is 0 Å². The Labute approximate surface area is 119 Å². The third-order valence-electron chi connectivity index (χ3n) is 4.11. The predicted molar refractivity (Wildman–Crippen MR) is 75.7 cm³/mol. The molecule has 0 unspecified atom stereocenters. The molecule has 4 heteroatoms. The zero-order valence-corrected chi connectivity index (χ0v) is 11.5. The summed E-state index contributed by atoms with van der Waals surface area (Å²) in [5.41, 5.74) is 2.55. The van der Waals surface area contributed by atoms with Gasteiger partial charge in [-0.2, -0.15) is 5.26 Å². The maximum atomic E-state index is 12.6. The summed E-state index contributed by atoms with van der Waals surface area (Å²) in [6.45, 7) is 1.32. The Hall–Kier alpha value is -1.86. The molecule has 0 spiro atoms. The minimum atomic E-state index is -0.135. The van der Waals surface area contributed by atoms with Crippen LogP contribution < -0.4 is 5.32 Å². The summed E-state index contributed by atoms with van der Waals surface area (Å²) in [7, 11) is 0. The average Bonchev–Trinajstić information content (AvgIpc) is 3.32. The van der Waals surface area contributed by atoms with Gasteiger partial charge in [0.2, 0.25) is 5.91 Å². The van der Waals surface area contributed by atoms with Crippen molar-refractivity contribution in [1.29, 1.82) is 5.26 Å². The predicted octanol–water partition coefficient (Wildman–Crippen LogP) is 1.61. The molecule has 1 aromatic carbocycles. The van der Waals surface area contributed by atoms with Gasteiger partial charge in [0.25, 0.3) is 0 Å². The molecule has 0 bridgehead atoms. The molecule has 0 saturated heterocycles. The monoisotopic (exact) mass is 269 g/mol. The third kappa shape index (κ3) is 2.68. The van der Waals surface area contributed by atoms with Gasteiger partial charge in [0, 0.05) is 19.1 Å². The Morgan fingerprint density at radius 1 is 1.35 bits per heavy atom. The number of rotatable bonds is 4. The van der Waals surface area contributed by atoms with Gasteiger partial charge in [0.1, 0.15) is 0 Å². The van der Waals surface area contributed by atoms with E-state index in [2.05, 4.69) is 23.5 Å². The molecule has 3 rings (SSSR count). The maximum absolute atomic E-state index is 12.6. The molecule has 1 fully saturated rings. The van der Waals surface area contributed by atoms with Crippen LogP contribution in [0.5, 0.6) is 0 Å². The van der Waals surface area contributed by atoms with Crippen molar-refractivity contribution in [3.05, 3.63) is 35.4 Å². The normalized spacial score (nSPS) is 20.9. The summed E-state index contributed by atoms with van der Waals surface area (Å²) >= 11 is 0. The molecule has 1 aromatic rings. The highest BCUT2D eigenvalue weighted by Crippen LogP contribution is 2.28. The lowest BCUT2D eigenvalue weighted by Crippen LogP contribution is -2.50. The molecule has 104 valence electrons. The molecule has 0 aromatic heterocycles. The lowest BCUT2D eigenvalue weighted by Gasteiger charge is -2.30. The standard InChI is InChI=1S/C16H19N3O/c17-8-3-9-19(14-6-7-14)16(20)15-10-12-4-1-2-5-13(12)11-18-15/h1-2,4-5,14-15,18H,3,6-7,9-11H2/t15-/m0/s1. The van der Waals surface area contributed by atoms with Crippen LogP contribution in [0.4, 0.5) is 0 Å². The number of hydrogen-bond donors (Lipinski definition) is 1. The van der Waals surface area contributed by atoms with E-state index in [0.29, 0.717) is 19.0 Å². The van der Waals surface area contributed by atoms with Crippen LogP contribution in [-0.2, 0) is 17.8 Å². The smallest absolute Gasteiger partial charge is 0.240 e.